The molecule has 1 aromatic carbocycles. The molecule has 2 saturated carbocycles. The van der Waals surface area contributed by atoms with Crippen molar-refractivity contribution in [2.45, 2.75) is 44.9 Å². The second kappa shape index (κ2) is 5.94. The smallest absolute Gasteiger partial charge is 0.227 e. The van der Waals surface area contributed by atoms with Gasteiger partial charge in [0.15, 0.2) is 0 Å². The SMILES string of the molecule is O=C(Nc1ccc(N2CCCCC2)cc1)C1CC2CCC1C2. The van der Waals surface area contributed by atoms with E-state index in [-0.39, 0.29) is 11.8 Å². The van der Waals surface area contributed by atoms with Crippen LogP contribution in [0.2, 0.25) is 0 Å². The lowest BCUT2D eigenvalue weighted by Gasteiger charge is -2.29. The molecule has 1 amide bonds. The number of carbonyl (C=O) groups is 1. The standard InChI is InChI=1S/C19H26N2O/c22-19(18-13-14-4-5-15(18)12-14)20-16-6-8-17(9-7-16)21-10-2-1-3-11-21/h6-9,14-15,18H,1-5,10-13H2,(H,20,22). The van der Waals surface area contributed by atoms with Gasteiger partial charge in [-0.1, -0.05) is 6.42 Å². The van der Waals surface area contributed by atoms with Crippen LogP contribution in [0.5, 0.6) is 0 Å². The van der Waals surface area contributed by atoms with Crippen molar-refractivity contribution in [1.29, 1.82) is 0 Å². The number of fused-ring (bicyclic) bond motifs is 2. The summed E-state index contributed by atoms with van der Waals surface area (Å²) in [6.07, 6.45) is 8.95. The van der Waals surface area contributed by atoms with Crippen LogP contribution >= 0.6 is 0 Å². The Hall–Kier alpha value is -1.51. The second-order valence-corrected chi connectivity index (χ2v) is 7.37. The maximum Gasteiger partial charge on any atom is 0.227 e. The van der Waals surface area contributed by atoms with Gasteiger partial charge in [-0.3, -0.25) is 4.79 Å². The summed E-state index contributed by atoms with van der Waals surface area (Å²) in [6, 6.07) is 8.44. The Balaban J connectivity index is 1.37. The predicted molar refractivity (Wildman–Crippen MR) is 90.1 cm³/mol. The Kier molecular flexibility index (Phi) is 3.81. The fraction of sp³-hybridized carbons (Fsp3) is 0.632. The molecule has 3 fully saturated rings. The molecule has 1 heterocycles. The van der Waals surface area contributed by atoms with Gasteiger partial charge in [0.05, 0.1) is 0 Å². The molecule has 0 aromatic heterocycles. The molecule has 1 N–H and O–H groups in total. The summed E-state index contributed by atoms with van der Waals surface area (Å²) < 4.78 is 0. The van der Waals surface area contributed by atoms with Gasteiger partial charge in [0.1, 0.15) is 0 Å². The molecule has 1 aliphatic heterocycles. The summed E-state index contributed by atoms with van der Waals surface area (Å²) in [4.78, 5) is 14.9. The molecule has 0 radical (unpaired) electrons. The van der Waals surface area contributed by atoms with Crippen LogP contribution in [0, 0.1) is 17.8 Å². The number of hydrogen-bond donors (Lipinski definition) is 1. The van der Waals surface area contributed by atoms with Gasteiger partial charge >= 0.3 is 0 Å². The fourth-order valence-corrected chi connectivity index (χ4v) is 4.71. The molecule has 3 nitrogen and oxygen atoms in total. The number of amides is 1. The number of benzene rings is 1. The Morgan fingerprint density at radius 3 is 2.41 bits per heavy atom. The molecular weight excluding hydrogens is 272 g/mol. The van der Waals surface area contributed by atoms with Gasteiger partial charge in [-0.2, -0.15) is 0 Å². The van der Waals surface area contributed by atoms with Crippen LogP contribution in [0.15, 0.2) is 24.3 Å². The van der Waals surface area contributed by atoms with Gasteiger partial charge in [0.2, 0.25) is 5.91 Å². The Morgan fingerprint density at radius 2 is 1.77 bits per heavy atom. The minimum atomic E-state index is 0.248. The van der Waals surface area contributed by atoms with Crippen molar-refractivity contribution in [3.63, 3.8) is 0 Å². The lowest BCUT2D eigenvalue weighted by molar-refractivity contribution is -0.121. The van der Waals surface area contributed by atoms with E-state index in [0.717, 1.165) is 31.1 Å². The van der Waals surface area contributed by atoms with E-state index in [1.165, 1.54) is 44.2 Å². The minimum Gasteiger partial charge on any atom is -0.372 e. The third-order valence-electron chi connectivity index (χ3n) is 5.93. The van der Waals surface area contributed by atoms with Crippen molar-refractivity contribution in [3.8, 4) is 0 Å². The van der Waals surface area contributed by atoms with Gasteiger partial charge in [-0.25, -0.2) is 0 Å². The molecule has 2 aliphatic carbocycles. The topological polar surface area (TPSA) is 32.3 Å². The zero-order chi connectivity index (χ0) is 14.9. The van der Waals surface area contributed by atoms with E-state index in [0.29, 0.717) is 5.92 Å². The lowest BCUT2D eigenvalue weighted by Crippen LogP contribution is -2.29. The van der Waals surface area contributed by atoms with Crippen LogP contribution < -0.4 is 10.2 Å². The van der Waals surface area contributed by atoms with Crippen molar-refractivity contribution in [3.05, 3.63) is 24.3 Å². The second-order valence-electron chi connectivity index (χ2n) is 7.37. The average Bonchev–Trinajstić information content (AvgIpc) is 3.19. The summed E-state index contributed by atoms with van der Waals surface area (Å²) in [5.74, 6) is 1.98. The summed E-state index contributed by atoms with van der Waals surface area (Å²) in [5, 5.41) is 3.14. The van der Waals surface area contributed by atoms with Crippen molar-refractivity contribution in [1.82, 2.24) is 0 Å². The van der Waals surface area contributed by atoms with E-state index in [1.807, 2.05) is 0 Å². The lowest BCUT2D eigenvalue weighted by atomic mass is 9.88. The third-order valence-corrected chi connectivity index (χ3v) is 5.93. The van der Waals surface area contributed by atoms with Crippen molar-refractivity contribution in [2.75, 3.05) is 23.3 Å². The summed E-state index contributed by atoms with van der Waals surface area (Å²) in [5.41, 5.74) is 2.24. The van der Waals surface area contributed by atoms with Gasteiger partial charge in [0.25, 0.3) is 0 Å². The number of hydrogen-bond acceptors (Lipinski definition) is 2. The summed E-state index contributed by atoms with van der Waals surface area (Å²) in [7, 11) is 0. The van der Waals surface area contributed by atoms with Gasteiger partial charge in [-0.15, -0.1) is 0 Å². The highest BCUT2D eigenvalue weighted by Crippen LogP contribution is 2.48. The van der Waals surface area contributed by atoms with Crippen LogP contribution in [0.1, 0.15) is 44.9 Å². The highest BCUT2D eigenvalue weighted by atomic mass is 16.1. The normalized spacial score (nSPS) is 30.5. The number of rotatable bonds is 3. The maximum atomic E-state index is 12.5. The molecule has 22 heavy (non-hydrogen) atoms. The van der Waals surface area contributed by atoms with Crippen LogP contribution in [0.25, 0.3) is 0 Å². The van der Waals surface area contributed by atoms with E-state index in [1.54, 1.807) is 0 Å². The largest absolute Gasteiger partial charge is 0.372 e. The molecule has 118 valence electrons. The van der Waals surface area contributed by atoms with E-state index >= 15 is 0 Å². The Morgan fingerprint density at radius 1 is 1.00 bits per heavy atom. The van der Waals surface area contributed by atoms with Crippen LogP contribution in [0.4, 0.5) is 11.4 Å². The molecule has 3 atom stereocenters. The summed E-state index contributed by atoms with van der Waals surface area (Å²) in [6.45, 7) is 2.33. The molecule has 1 aromatic rings. The van der Waals surface area contributed by atoms with E-state index < -0.39 is 0 Å². The third kappa shape index (κ3) is 2.73. The molecule has 2 bridgehead atoms. The predicted octanol–water partition coefficient (Wildman–Crippen LogP) is 4.05. The van der Waals surface area contributed by atoms with Crippen LogP contribution in [-0.2, 0) is 4.79 Å². The Bertz CT molecular complexity index is 533. The molecule has 1 saturated heterocycles. The first-order valence-corrected chi connectivity index (χ1v) is 8.95. The fourth-order valence-electron chi connectivity index (χ4n) is 4.71. The van der Waals surface area contributed by atoms with Crippen LogP contribution in [-0.4, -0.2) is 19.0 Å². The van der Waals surface area contributed by atoms with Gasteiger partial charge in [-0.05, 0) is 74.6 Å². The highest BCUT2D eigenvalue weighted by Gasteiger charge is 2.42. The number of nitrogens with one attached hydrogen (secondary N) is 1. The van der Waals surface area contributed by atoms with Gasteiger partial charge < -0.3 is 10.2 Å². The molecule has 0 spiro atoms. The summed E-state index contributed by atoms with van der Waals surface area (Å²) >= 11 is 0. The quantitative estimate of drug-likeness (QED) is 0.913. The average molecular weight is 298 g/mol. The zero-order valence-electron chi connectivity index (χ0n) is 13.3. The first kappa shape index (κ1) is 14.1. The van der Waals surface area contributed by atoms with E-state index in [9.17, 15) is 4.79 Å². The van der Waals surface area contributed by atoms with Crippen LogP contribution in [0.3, 0.4) is 0 Å². The van der Waals surface area contributed by atoms with Crippen molar-refractivity contribution in [2.24, 2.45) is 17.8 Å². The zero-order valence-corrected chi connectivity index (χ0v) is 13.3. The van der Waals surface area contributed by atoms with E-state index in [2.05, 4.69) is 34.5 Å². The molecule has 3 unspecified atom stereocenters. The maximum absolute atomic E-state index is 12.5. The number of anilines is 2. The molecule has 3 aliphatic rings. The number of piperidine rings is 1. The Labute approximate surface area is 133 Å². The first-order chi connectivity index (χ1) is 10.8. The first-order valence-electron chi connectivity index (χ1n) is 8.95. The number of carbonyl (C=O) groups excluding carboxylic acids is 1. The van der Waals surface area contributed by atoms with Gasteiger partial charge in [0, 0.05) is 30.4 Å². The van der Waals surface area contributed by atoms with E-state index in [4.69, 9.17) is 0 Å². The minimum absolute atomic E-state index is 0.248. The monoisotopic (exact) mass is 298 g/mol. The number of nitrogens with zero attached hydrogens (tertiary/aromatic N) is 1. The van der Waals surface area contributed by atoms with Crippen molar-refractivity contribution >= 4 is 17.3 Å². The molecule has 3 heteroatoms. The molecular formula is C19H26N2O. The highest BCUT2D eigenvalue weighted by molar-refractivity contribution is 5.93. The molecule has 4 rings (SSSR count). The van der Waals surface area contributed by atoms with Crippen molar-refractivity contribution < 1.29 is 4.79 Å².